The topological polar surface area (TPSA) is 241 Å². The highest BCUT2D eigenvalue weighted by Gasteiger charge is 2.45. The van der Waals surface area contributed by atoms with E-state index in [0.717, 1.165) is 48.4 Å². The number of aromatic nitrogens is 4. The second-order valence-corrected chi connectivity index (χ2v) is 16.5. The van der Waals surface area contributed by atoms with Gasteiger partial charge in [-0.25, -0.2) is 9.48 Å². The summed E-state index contributed by atoms with van der Waals surface area (Å²) in [6.07, 6.45) is 8.33. The Morgan fingerprint density at radius 2 is 1.64 bits per heavy atom. The Balaban J connectivity index is 1.19. The molecule has 3 heterocycles. The Kier molecular flexibility index (Phi) is 14.8. The number of nitrogens with one attached hydrogen (secondary N) is 3. The van der Waals surface area contributed by atoms with Crippen LogP contribution < -0.4 is 21.7 Å². The summed E-state index contributed by atoms with van der Waals surface area (Å²) in [5.74, 6) is -3.85. The van der Waals surface area contributed by atoms with E-state index in [1.54, 1.807) is 26.1 Å². The molecule has 6 rings (SSSR count). The van der Waals surface area contributed by atoms with E-state index in [-0.39, 0.29) is 44.1 Å². The van der Waals surface area contributed by atoms with Gasteiger partial charge in [0.1, 0.15) is 30.0 Å². The van der Waals surface area contributed by atoms with Crippen LogP contribution in [0.3, 0.4) is 0 Å². The zero-order valence-corrected chi connectivity index (χ0v) is 34.6. The Labute approximate surface area is 354 Å². The van der Waals surface area contributed by atoms with Gasteiger partial charge in [0.25, 0.3) is 11.8 Å². The molecule has 4 aromatic rings. The maximum Gasteiger partial charge on any atom is 0.407 e. The molecule has 2 aromatic carbocycles. The number of fused-ring (bicyclic) bond motifs is 1. The summed E-state index contributed by atoms with van der Waals surface area (Å²) < 4.78 is 6.73. The lowest BCUT2D eigenvalue weighted by molar-refractivity contribution is -0.142. The number of ether oxygens (including phenoxy) is 1. The van der Waals surface area contributed by atoms with Gasteiger partial charge in [0, 0.05) is 31.1 Å². The van der Waals surface area contributed by atoms with Crippen molar-refractivity contribution in [3.05, 3.63) is 90.0 Å². The molecule has 2 fully saturated rings. The second-order valence-electron chi connectivity index (χ2n) is 16.5. The number of alkyl carbamates (subject to hydrolysis) is 1. The first kappa shape index (κ1) is 44.3. The van der Waals surface area contributed by atoms with Crippen molar-refractivity contribution in [2.75, 3.05) is 13.1 Å². The standard InChI is InChI=1S/C44H55N9O8/c1-44(2,60)37-25-48-51-53(37)32-23-36(41(57)49-33(38(54)39(45)55)19-11-12-20-46-43(59)61-27-29-15-7-4-8-16-29)52(26-32)42(58)35(21-28-13-5-3-6-14-28)50-40(56)34-22-30-17-9-10-18-31(30)24-47-34/h4,7-10,15-18,22,24-25,28,32-33,35-36,60H,3,5-6,11-14,19-21,23,26-27H2,1-2H3,(H2,45,55)(H,46,59)(H,49,57)(H,50,56)/t32-,33?,35+,36-/m0/s1. The average molecular weight is 838 g/mol. The van der Waals surface area contributed by atoms with Gasteiger partial charge in [-0.05, 0) is 62.5 Å². The molecule has 6 N–H and O–H groups in total. The molecule has 0 spiro atoms. The van der Waals surface area contributed by atoms with Crippen LogP contribution in [0, 0.1) is 5.92 Å². The van der Waals surface area contributed by atoms with E-state index in [1.807, 2.05) is 54.6 Å². The monoisotopic (exact) mass is 837 g/mol. The maximum atomic E-state index is 14.9. The number of Topliss-reactive ketones (excluding diaryl/α,β-unsaturated/α-hetero) is 1. The number of rotatable bonds is 18. The Bertz CT molecular complexity index is 2180. The van der Waals surface area contributed by atoms with Gasteiger partial charge in [-0.2, -0.15) is 0 Å². The minimum absolute atomic E-state index is 0.0173. The summed E-state index contributed by atoms with van der Waals surface area (Å²) in [6.45, 7) is 3.42. The molecule has 5 amide bonds. The smallest absolute Gasteiger partial charge is 0.407 e. The van der Waals surface area contributed by atoms with Crippen LogP contribution >= 0.6 is 0 Å². The Morgan fingerprint density at radius 1 is 0.918 bits per heavy atom. The molecule has 324 valence electrons. The van der Waals surface area contributed by atoms with Crippen molar-refractivity contribution < 1.29 is 38.6 Å². The summed E-state index contributed by atoms with van der Waals surface area (Å²) in [5, 5.41) is 29.1. The molecule has 1 aliphatic carbocycles. The zero-order valence-electron chi connectivity index (χ0n) is 34.6. The van der Waals surface area contributed by atoms with Crippen molar-refractivity contribution in [2.45, 2.75) is 114 Å². The van der Waals surface area contributed by atoms with Crippen molar-refractivity contribution in [3.8, 4) is 0 Å². The summed E-state index contributed by atoms with van der Waals surface area (Å²) in [7, 11) is 0. The Hall–Kier alpha value is -6.23. The second kappa shape index (κ2) is 20.4. The van der Waals surface area contributed by atoms with Crippen LogP contribution in [0.15, 0.2) is 73.1 Å². The molecular weight excluding hydrogens is 783 g/mol. The molecule has 2 aliphatic rings. The number of aliphatic hydroxyl groups is 1. The van der Waals surface area contributed by atoms with E-state index in [2.05, 4.69) is 31.2 Å². The third-order valence-electron chi connectivity index (χ3n) is 11.5. The van der Waals surface area contributed by atoms with E-state index in [0.29, 0.717) is 25.0 Å². The Morgan fingerprint density at radius 3 is 2.36 bits per heavy atom. The number of nitrogens with two attached hydrogens (primary N) is 1. The van der Waals surface area contributed by atoms with Crippen LogP contribution in [0.5, 0.6) is 0 Å². The van der Waals surface area contributed by atoms with Crippen LogP contribution in [0.25, 0.3) is 10.8 Å². The van der Waals surface area contributed by atoms with Crippen molar-refractivity contribution in [1.29, 1.82) is 0 Å². The lowest BCUT2D eigenvalue weighted by atomic mass is 9.84. The third kappa shape index (κ3) is 11.7. The molecule has 1 aliphatic heterocycles. The lowest BCUT2D eigenvalue weighted by Gasteiger charge is -2.32. The molecule has 1 saturated heterocycles. The van der Waals surface area contributed by atoms with Gasteiger partial charge in [-0.1, -0.05) is 91.9 Å². The fourth-order valence-corrected chi connectivity index (χ4v) is 8.20. The van der Waals surface area contributed by atoms with E-state index < -0.39 is 65.3 Å². The molecule has 17 heteroatoms. The van der Waals surface area contributed by atoms with E-state index in [4.69, 9.17) is 10.5 Å². The quantitative estimate of drug-likeness (QED) is 0.0717. The van der Waals surface area contributed by atoms with Gasteiger partial charge >= 0.3 is 6.09 Å². The summed E-state index contributed by atoms with van der Waals surface area (Å²) >= 11 is 0. The molecule has 1 unspecified atom stereocenters. The van der Waals surface area contributed by atoms with E-state index in [1.165, 1.54) is 15.8 Å². The molecule has 0 radical (unpaired) electrons. The number of likely N-dealkylation sites (tertiary alicyclic amines) is 1. The van der Waals surface area contributed by atoms with Crippen molar-refractivity contribution in [2.24, 2.45) is 11.7 Å². The number of amides is 5. The summed E-state index contributed by atoms with van der Waals surface area (Å²) in [5.41, 5.74) is 5.39. The third-order valence-corrected chi connectivity index (χ3v) is 11.5. The normalized spacial score (nSPS) is 17.9. The fraction of sp³-hybridized carbons (Fsp3) is 0.477. The van der Waals surface area contributed by atoms with Gasteiger partial charge < -0.3 is 36.4 Å². The van der Waals surface area contributed by atoms with E-state index >= 15 is 0 Å². The largest absolute Gasteiger partial charge is 0.445 e. The van der Waals surface area contributed by atoms with Crippen LogP contribution in [0.1, 0.15) is 106 Å². The molecule has 4 atom stereocenters. The molecule has 0 bridgehead atoms. The van der Waals surface area contributed by atoms with Crippen LogP contribution in [-0.4, -0.2) is 96.7 Å². The van der Waals surface area contributed by atoms with Gasteiger partial charge in [-0.3, -0.25) is 29.0 Å². The SMILES string of the molecule is CC(C)(O)c1cnnn1[C@H]1C[C@@H](C(=O)NC(CCCCNC(=O)OCc2ccccc2)C(=O)C(N)=O)N(C(=O)[C@@H](CC2CCCCC2)NC(=O)c2cc3ccccc3cn2)C1. The molecular formula is C44H55N9O8. The number of ketones is 1. The van der Waals surface area contributed by atoms with Gasteiger partial charge in [0.05, 0.1) is 24.0 Å². The van der Waals surface area contributed by atoms with Gasteiger partial charge in [0.15, 0.2) is 0 Å². The highest BCUT2D eigenvalue weighted by Crippen LogP contribution is 2.33. The van der Waals surface area contributed by atoms with Crippen molar-refractivity contribution in [3.63, 3.8) is 0 Å². The number of pyridine rings is 1. The first-order chi connectivity index (χ1) is 29.3. The summed E-state index contributed by atoms with van der Waals surface area (Å²) in [6, 6.07) is 14.2. The highest BCUT2D eigenvalue weighted by atomic mass is 16.5. The van der Waals surface area contributed by atoms with Crippen LogP contribution in [0.4, 0.5) is 4.79 Å². The van der Waals surface area contributed by atoms with Crippen molar-refractivity contribution >= 4 is 46.3 Å². The van der Waals surface area contributed by atoms with E-state index in [9.17, 15) is 33.9 Å². The van der Waals surface area contributed by atoms with Gasteiger partial charge in [0.2, 0.25) is 17.6 Å². The number of unbranched alkanes of at least 4 members (excludes halogenated alkanes) is 1. The number of primary amides is 1. The average Bonchev–Trinajstić information content (AvgIpc) is 3.94. The first-order valence-corrected chi connectivity index (χ1v) is 21.0. The minimum Gasteiger partial charge on any atom is -0.445 e. The molecule has 1 saturated carbocycles. The maximum absolute atomic E-state index is 14.9. The van der Waals surface area contributed by atoms with Crippen LogP contribution in [0.2, 0.25) is 0 Å². The zero-order chi connectivity index (χ0) is 43.5. The summed E-state index contributed by atoms with van der Waals surface area (Å²) in [4.78, 5) is 86.4. The first-order valence-electron chi connectivity index (χ1n) is 21.0. The number of hydrogen-bond acceptors (Lipinski definition) is 11. The highest BCUT2D eigenvalue weighted by molar-refractivity contribution is 6.37. The fourth-order valence-electron chi connectivity index (χ4n) is 8.20. The lowest BCUT2D eigenvalue weighted by Crippen LogP contribution is -2.56. The number of benzene rings is 2. The number of nitrogens with zero attached hydrogens (tertiary/aromatic N) is 5. The van der Waals surface area contributed by atoms with Gasteiger partial charge in [-0.15, -0.1) is 5.10 Å². The molecule has 2 aromatic heterocycles. The number of carbonyl (C=O) groups excluding carboxylic acids is 6. The van der Waals surface area contributed by atoms with Crippen molar-refractivity contribution in [1.82, 2.24) is 40.8 Å². The number of carbonyl (C=O) groups is 6. The van der Waals surface area contributed by atoms with Crippen LogP contribution in [-0.2, 0) is 36.1 Å². The molecule has 17 nitrogen and oxygen atoms in total. The number of hydrogen-bond donors (Lipinski definition) is 5. The minimum atomic E-state index is -1.37. The molecule has 61 heavy (non-hydrogen) atoms. The predicted octanol–water partition coefficient (Wildman–Crippen LogP) is 3.60. The predicted molar refractivity (Wildman–Crippen MR) is 223 cm³/mol.